The number of tetrazole rings is 1. The monoisotopic (exact) mass is 509 g/mol. The van der Waals surface area contributed by atoms with Gasteiger partial charge in [-0.15, -0.1) is 5.10 Å². The summed E-state index contributed by atoms with van der Waals surface area (Å²) < 4.78 is 13.3. The summed E-state index contributed by atoms with van der Waals surface area (Å²) in [4.78, 5) is 2.28. The van der Waals surface area contributed by atoms with Gasteiger partial charge in [-0.1, -0.05) is 83.9 Å². The molecule has 35 heavy (non-hydrogen) atoms. The zero-order valence-corrected chi connectivity index (χ0v) is 20.7. The van der Waals surface area contributed by atoms with Crippen molar-refractivity contribution >= 4 is 23.2 Å². The zero-order chi connectivity index (χ0) is 24.2. The van der Waals surface area contributed by atoms with E-state index in [-0.39, 0.29) is 12.1 Å². The van der Waals surface area contributed by atoms with E-state index in [9.17, 15) is 0 Å². The first-order chi connectivity index (χ1) is 17.2. The molecule has 0 aliphatic carbocycles. The molecular formula is C26H25Cl2N5O2. The van der Waals surface area contributed by atoms with Crippen molar-refractivity contribution in [1.29, 1.82) is 0 Å². The number of halogens is 2. The van der Waals surface area contributed by atoms with E-state index in [4.69, 9.17) is 32.7 Å². The van der Waals surface area contributed by atoms with Crippen molar-refractivity contribution in [1.82, 2.24) is 25.1 Å². The molecule has 0 radical (unpaired) electrons. The topological polar surface area (TPSA) is 65.3 Å². The van der Waals surface area contributed by atoms with Gasteiger partial charge in [0.05, 0.1) is 25.3 Å². The molecule has 0 unspecified atom stereocenters. The summed E-state index contributed by atoms with van der Waals surface area (Å²) in [6.07, 6.45) is 0. The minimum Gasteiger partial charge on any atom is -0.495 e. The van der Waals surface area contributed by atoms with Crippen LogP contribution in [-0.2, 0) is 4.74 Å². The van der Waals surface area contributed by atoms with E-state index in [2.05, 4.69) is 44.7 Å². The van der Waals surface area contributed by atoms with E-state index in [1.54, 1.807) is 13.2 Å². The van der Waals surface area contributed by atoms with E-state index in [1.807, 2.05) is 47.1 Å². The average molecular weight is 510 g/mol. The molecule has 1 saturated heterocycles. The Hall–Kier alpha value is -2.97. The van der Waals surface area contributed by atoms with Crippen molar-refractivity contribution in [2.75, 3.05) is 33.4 Å². The van der Waals surface area contributed by atoms with Crippen molar-refractivity contribution in [3.63, 3.8) is 0 Å². The third-order valence-electron chi connectivity index (χ3n) is 6.18. The summed E-state index contributed by atoms with van der Waals surface area (Å²) in [7, 11) is 1.61. The lowest BCUT2D eigenvalue weighted by molar-refractivity contribution is 0.0211. The van der Waals surface area contributed by atoms with E-state index in [0.717, 1.165) is 16.7 Å². The SMILES string of the molecule is COc1c(Cl)cc(Cl)cc1[C@@H](c1nnnn1C(c1ccccc1)c1ccccc1)N1CCOCC1. The first kappa shape index (κ1) is 23.8. The quantitative estimate of drug-likeness (QED) is 0.347. The first-order valence-electron chi connectivity index (χ1n) is 11.4. The molecular weight excluding hydrogens is 485 g/mol. The number of methoxy groups -OCH3 is 1. The summed E-state index contributed by atoms with van der Waals surface area (Å²) in [6.45, 7) is 2.61. The first-order valence-corrected chi connectivity index (χ1v) is 12.2. The summed E-state index contributed by atoms with van der Waals surface area (Å²) >= 11 is 13.0. The third-order valence-corrected chi connectivity index (χ3v) is 6.68. The van der Waals surface area contributed by atoms with Crippen LogP contribution in [0.3, 0.4) is 0 Å². The molecule has 0 bridgehead atoms. The second-order valence-electron chi connectivity index (χ2n) is 8.27. The van der Waals surface area contributed by atoms with Gasteiger partial charge >= 0.3 is 0 Å². The maximum absolute atomic E-state index is 6.56. The van der Waals surface area contributed by atoms with Gasteiger partial charge < -0.3 is 9.47 Å². The molecule has 5 rings (SSSR count). The highest BCUT2D eigenvalue weighted by Crippen LogP contribution is 2.41. The molecule has 1 fully saturated rings. The summed E-state index contributed by atoms with van der Waals surface area (Å²) in [5, 5.41) is 14.1. The molecule has 1 atom stereocenters. The van der Waals surface area contributed by atoms with E-state index in [0.29, 0.717) is 47.9 Å². The van der Waals surface area contributed by atoms with Gasteiger partial charge in [0.15, 0.2) is 5.82 Å². The van der Waals surface area contributed by atoms with Crippen LogP contribution in [0.2, 0.25) is 10.0 Å². The summed E-state index contributed by atoms with van der Waals surface area (Å²) in [6, 6.07) is 23.4. The second kappa shape index (κ2) is 10.7. The number of aromatic nitrogens is 4. The fraction of sp³-hybridized carbons (Fsp3) is 0.269. The van der Waals surface area contributed by atoms with Crippen LogP contribution < -0.4 is 4.74 Å². The number of benzene rings is 3. The van der Waals surface area contributed by atoms with Gasteiger partial charge in [-0.3, -0.25) is 4.90 Å². The van der Waals surface area contributed by atoms with Gasteiger partial charge in [-0.05, 0) is 33.7 Å². The lowest BCUT2D eigenvalue weighted by atomic mass is 9.97. The molecule has 2 heterocycles. The number of nitrogens with zero attached hydrogens (tertiary/aromatic N) is 5. The summed E-state index contributed by atoms with van der Waals surface area (Å²) in [5.41, 5.74) is 2.95. The fourth-order valence-electron chi connectivity index (χ4n) is 4.64. The normalized spacial score (nSPS) is 15.3. The molecule has 1 aliphatic rings. The van der Waals surface area contributed by atoms with E-state index < -0.39 is 0 Å². The van der Waals surface area contributed by atoms with E-state index in [1.165, 1.54) is 0 Å². The number of hydrogen-bond acceptors (Lipinski definition) is 6. The number of ether oxygens (including phenoxy) is 2. The van der Waals surface area contributed by atoms with Crippen molar-refractivity contribution < 1.29 is 9.47 Å². The molecule has 0 spiro atoms. The molecule has 7 nitrogen and oxygen atoms in total. The second-order valence-corrected chi connectivity index (χ2v) is 9.11. The molecule has 0 N–H and O–H groups in total. The summed E-state index contributed by atoms with van der Waals surface area (Å²) in [5.74, 6) is 1.22. The molecule has 0 saturated carbocycles. The van der Waals surface area contributed by atoms with Gasteiger partial charge in [0.25, 0.3) is 0 Å². The maximum atomic E-state index is 6.56. The standard InChI is InChI=1S/C26H25Cl2N5O2/c1-34-25-21(16-20(27)17-22(25)28)24(32-12-14-35-15-13-32)26-29-30-31-33(26)23(18-8-4-2-5-9-18)19-10-6-3-7-11-19/h2-11,16-17,23-24H,12-15H2,1H3/t24-/m0/s1. The molecule has 4 aromatic rings. The Bertz CT molecular complexity index is 1220. The van der Waals surface area contributed by atoms with Gasteiger partial charge in [-0.2, -0.15) is 0 Å². The minimum atomic E-state index is -0.352. The highest BCUT2D eigenvalue weighted by atomic mass is 35.5. The van der Waals surface area contributed by atoms with Crippen LogP contribution in [0.5, 0.6) is 5.75 Å². The highest BCUT2D eigenvalue weighted by molar-refractivity contribution is 6.35. The van der Waals surface area contributed by atoms with Crippen LogP contribution in [0.25, 0.3) is 0 Å². The largest absolute Gasteiger partial charge is 0.495 e. The van der Waals surface area contributed by atoms with E-state index >= 15 is 0 Å². The van der Waals surface area contributed by atoms with Gasteiger partial charge in [-0.25, -0.2) is 4.68 Å². The van der Waals surface area contributed by atoms with Crippen LogP contribution in [-0.4, -0.2) is 58.5 Å². The zero-order valence-electron chi connectivity index (χ0n) is 19.2. The van der Waals surface area contributed by atoms with Gasteiger partial charge in [0.2, 0.25) is 0 Å². The van der Waals surface area contributed by atoms with Crippen molar-refractivity contribution in [2.24, 2.45) is 0 Å². The number of hydrogen-bond donors (Lipinski definition) is 0. The van der Waals surface area contributed by atoms with Crippen molar-refractivity contribution in [3.05, 3.63) is 105 Å². The average Bonchev–Trinajstić information content (AvgIpc) is 3.35. The molecule has 0 amide bonds. The van der Waals surface area contributed by atoms with Gasteiger partial charge in [0, 0.05) is 23.7 Å². The molecule has 3 aromatic carbocycles. The minimum absolute atomic E-state index is 0.230. The smallest absolute Gasteiger partial charge is 0.174 e. The predicted octanol–water partition coefficient (Wildman–Crippen LogP) is 5.05. The Balaban J connectivity index is 1.71. The van der Waals surface area contributed by atoms with Crippen LogP contribution in [0.4, 0.5) is 0 Å². The maximum Gasteiger partial charge on any atom is 0.174 e. The molecule has 9 heteroatoms. The highest BCUT2D eigenvalue weighted by Gasteiger charge is 2.35. The van der Waals surface area contributed by atoms with Crippen molar-refractivity contribution in [3.8, 4) is 5.75 Å². The Morgan fingerprint density at radius 1 is 0.886 bits per heavy atom. The molecule has 1 aromatic heterocycles. The Labute approximate surface area is 214 Å². The fourth-order valence-corrected chi connectivity index (χ4v) is 5.23. The van der Waals surface area contributed by atoms with Crippen molar-refractivity contribution in [2.45, 2.75) is 12.1 Å². The van der Waals surface area contributed by atoms with Crippen LogP contribution >= 0.6 is 23.2 Å². The molecule has 180 valence electrons. The number of rotatable bonds is 7. The third kappa shape index (κ3) is 4.90. The number of morpholine rings is 1. The predicted molar refractivity (Wildman–Crippen MR) is 135 cm³/mol. The Kier molecular flexibility index (Phi) is 7.29. The Morgan fingerprint density at radius 2 is 1.51 bits per heavy atom. The molecule has 1 aliphatic heterocycles. The van der Waals surface area contributed by atoms with Gasteiger partial charge in [0.1, 0.15) is 17.8 Å². The van der Waals surface area contributed by atoms with Crippen LogP contribution in [0.1, 0.15) is 34.6 Å². The lowest BCUT2D eigenvalue weighted by Gasteiger charge is -2.35. The van der Waals surface area contributed by atoms with Crippen LogP contribution in [0.15, 0.2) is 72.8 Å². The Morgan fingerprint density at radius 3 is 2.11 bits per heavy atom. The van der Waals surface area contributed by atoms with Crippen LogP contribution in [0, 0.1) is 0 Å². The lowest BCUT2D eigenvalue weighted by Crippen LogP contribution is -2.41.